The lowest BCUT2D eigenvalue weighted by Gasteiger charge is -2.34. The molecule has 4 heteroatoms. The van der Waals surface area contributed by atoms with Gasteiger partial charge in [0.2, 0.25) is 0 Å². The van der Waals surface area contributed by atoms with Crippen LogP contribution in [0.25, 0.3) is 0 Å². The van der Waals surface area contributed by atoms with Gasteiger partial charge >= 0.3 is 0 Å². The van der Waals surface area contributed by atoms with Crippen LogP contribution in [0, 0.1) is 6.92 Å². The van der Waals surface area contributed by atoms with E-state index in [1.165, 1.54) is 5.57 Å². The van der Waals surface area contributed by atoms with E-state index in [0.717, 1.165) is 50.7 Å². The van der Waals surface area contributed by atoms with E-state index >= 15 is 0 Å². The molecule has 0 N–H and O–H groups in total. The summed E-state index contributed by atoms with van der Waals surface area (Å²) in [6.07, 6.45) is 0. The maximum atomic E-state index is 5.08. The van der Waals surface area contributed by atoms with E-state index in [9.17, 15) is 0 Å². The van der Waals surface area contributed by atoms with E-state index in [2.05, 4.69) is 28.5 Å². The second-order valence-electron chi connectivity index (χ2n) is 4.94. The Labute approximate surface area is 103 Å². The van der Waals surface area contributed by atoms with Gasteiger partial charge in [-0.2, -0.15) is 0 Å². The fourth-order valence-corrected chi connectivity index (χ4v) is 2.21. The Morgan fingerprint density at radius 2 is 2.00 bits per heavy atom. The van der Waals surface area contributed by atoms with Crippen LogP contribution in [0.2, 0.25) is 0 Å². The third-order valence-electron chi connectivity index (χ3n) is 3.02. The summed E-state index contributed by atoms with van der Waals surface area (Å²) in [6.45, 7) is 14.3. The standard InChI is InChI=1S/C13H21N3O/c1-11(2)9-15-4-6-16(7-5-15)10-13-8-12(3)17-14-13/h8H,1,4-7,9-10H2,2-3H3. The molecule has 0 amide bonds. The Kier molecular flexibility index (Phi) is 3.97. The molecule has 0 unspecified atom stereocenters. The maximum absolute atomic E-state index is 5.08. The number of hydrogen-bond donors (Lipinski definition) is 0. The van der Waals surface area contributed by atoms with Crippen LogP contribution in [-0.4, -0.2) is 47.7 Å². The first-order chi connectivity index (χ1) is 8.13. The van der Waals surface area contributed by atoms with Crippen molar-refractivity contribution in [1.29, 1.82) is 0 Å². The molecule has 1 saturated heterocycles. The Bertz CT molecular complexity index is 378. The van der Waals surface area contributed by atoms with Gasteiger partial charge in [0.25, 0.3) is 0 Å². The van der Waals surface area contributed by atoms with Crippen molar-refractivity contribution in [2.45, 2.75) is 20.4 Å². The van der Waals surface area contributed by atoms with Gasteiger partial charge in [0.1, 0.15) is 5.76 Å². The van der Waals surface area contributed by atoms with Crippen LogP contribution in [0.15, 0.2) is 22.7 Å². The van der Waals surface area contributed by atoms with E-state index in [1.807, 2.05) is 13.0 Å². The molecule has 1 aromatic heterocycles. The third-order valence-corrected chi connectivity index (χ3v) is 3.02. The molecule has 1 aliphatic heterocycles. The van der Waals surface area contributed by atoms with Crippen LogP contribution < -0.4 is 0 Å². The van der Waals surface area contributed by atoms with Gasteiger partial charge in [-0.3, -0.25) is 9.80 Å². The van der Waals surface area contributed by atoms with Crippen molar-refractivity contribution in [2.75, 3.05) is 32.7 Å². The highest BCUT2D eigenvalue weighted by Gasteiger charge is 2.17. The van der Waals surface area contributed by atoms with E-state index in [4.69, 9.17) is 4.52 Å². The third kappa shape index (κ3) is 3.68. The molecule has 0 spiro atoms. The molecule has 1 aliphatic rings. The molecule has 0 saturated carbocycles. The van der Waals surface area contributed by atoms with Gasteiger partial charge in [-0.05, 0) is 13.8 Å². The van der Waals surface area contributed by atoms with Crippen molar-refractivity contribution in [3.05, 3.63) is 29.7 Å². The van der Waals surface area contributed by atoms with Crippen LogP contribution in [0.5, 0.6) is 0 Å². The van der Waals surface area contributed by atoms with Crippen molar-refractivity contribution >= 4 is 0 Å². The maximum Gasteiger partial charge on any atom is 0.133 e. The lowest BCUT2D eigenvalue weighted by Crippen LogP contribution is -2.46. The Morgan fingerprint density at radius 1 is 1.35 bits per heavy atom. The predicted octanol–water partition coefficient (Wildman–Crippen LogP) is 1.68. The smallest absolute Gasteiger partial charge is 0.133 e. The molecule has 0 aliphatic carbocycles. The first kappa shape index (κ1) is 12.3. The van der Waals surface area contributed by atoms with Crippen LogP contribution in [0.3, 0.4) is 0 Å². The topological polar surface area (TPSA) is 32.5 Å². The summed E-state index contributed by atoms with van der Waals surface area (Å²) in [4.78, 5) is 4.87. The molecule has 0 atom stereocenters. The number of aromatic nitrogens is 1. The van der Waals surface area contributed by atoms with Gasteiger partial charge in [0, 0.05) is 45.3 Å². The van der Waals surface area contributed by atoms with Crippen LogP contribution >= 0.6 is 0 Å². The van der Waals surface area contributed by atoms with Crippen LogP contribution in [-0.2, 0) is 6.54 Å². The minimum atomic E-state index is 0.890. The molecule has 1 fully saturated rings. The summed E-state index contributed by atoms with van der Waals surface area (Å²) in [5, 5.41) is 4.03. The lowest BCUT2D eigenvalue weighted by molar-refractivity contribution is 0.132. The van der Waals surface area contributed by atoms with Crippen molar-refractivity contribution in [1.82, 2.24) is 15.0 Å². The lowest BCUT2D eigenvalue weighted by atomic mass is 10.2. The number of aryl methyl sites for hydroxylation is 1. The normalized spacial score (nSPS) is 18.5. The zero-order valence-corrected chi connectivity index (χ0v) is 10.8. The van der Waals surface area contributed by atoms with Crippen molar-refractivity contribution in [3.8, 4) is 0 Å². The Hall–Kier alpha value is -1.13. The van der Waals surface area contributed by atoms with Crippen LogP contribution in [0.1, 0.15) is 18.4 Å². The molecule has 2 heterocycles. The summed E-state index contributed by atoms with van der Waals surface area (Å²) in [5.41, 5.74) is 2.28. The summed E-state index contributed by atoms with van der Waals surface area (Å²) in [7, 11) is 0. The van der Waals surface area contributed by atoms with Gasteiger partial charge in [0.05, 0.1) is 5.69 Å². The van der Waals surface area contributed by atoms with E-state index in [1.54, 1.807) is 0 Å². The zero-order chi connectivity index (χ0) is 12.3. The van der Waals surface area contributed by atoms with Gasteiger partial charge in [-0.1, -0.05) is 17.3 Å². The van der Waals surface area contributed by atoms with E-state index in [-0.39, 0.29) is 0 Å². The minimum Gasteiger partial charge on any atom is -0.361 e. The van der Waals surface area contributed by atoms with E-state index in [0.29, 0.717) is 0 Å². The second-order valence-corrected chi connectivity index (χ2v) is 4.94. The monoisotopic (exact) mass is 235 g/mol. The number of rotatable bonds is 4. The molecule has 0 aromatic carbocycles. The predicted molar refractivity (Wildman–Crippen MR) is 67.8 cm³/mol. The quantitative estimate of drug-likeness (QED) is 0.743. The molecule has 94 valence electrons. The Morgan fingerprint density at radius 3 is 2.53 bits per heavy atom. The highest BCUT2D eigenvalue weighted by molar-refractivity contribution is 5.03. The minimum absolute atomic E-state index is 0.890. The van der Waals surface area contributed by atoms with Crippen molar-refractivity contribution in [2.24, 2.45) is 0 Å². The highest BCUT2D eigenvalue weighted by Crippen LogP contribution is 2.09. The van der Waals surface area contributed by atoms with Gasteiger partial charge < -0.3 is 4.52 Å². The van der Waals surface area contributed by atoms with Crippen molar-refractivity contribution in [3.63, 3.8) is 0 Å². The Balaban J connectivity index is 1.77. The SMILES string of the molecule is C=C(C)CN1CCN(Cc2cc(C)on2)CC1. The summed E-state index contributed by atoms with van der Waals surface area (Å²) in [6, 6.07) is 2.01. The average molecular weight is 235 g/mol. The highest BCUT2D eigenvalue weighted by atomic mass is 16.5. The van der Waals surface area contributed by atoms with Gasteiger partial charge in [-0.15, -0.1) is 0 Å². The molecule has 4 nitrogen and oxygen atoms in total. The molecular weight excluding hydrogens is 214 g/mol. The zero-order valence-electron chi connectivity index (χ0n) is 10.8. The van der Waals surface area contributed by atoms with Crippen LogP contribution in [0.4, 0.5) is 0 Å². The molecule has 17 heavy (non-hydrogen) atoms. The largest absolute Gasteiger partial charge is 0.361 e. The summed E-state index contributed by atoms with van der Waals surface area (Å²) >= 11 is 0. The molecule has 2 rings (SSSR count). The number of nitrogens with zero attached hydrogens (tertiary/aromatic N) is 3. The summed E-state index contributed by atoms with van der Waals surface area (Å²) < 4.78 is 5.08. The fraction of sp³-hybridized carbons (Fsp3) is 0.615. The fourth-order valence-electron chi connectivity index (χ4n) is 2.21. The molecule has 0 bridgehead atoms. The first-order valence-electron chi connectivity index (χ1n) is 6.15. The molecular formula is C13H21N3O. The van der Waals surface area contributed by atoms with Gasteiger partial charge in [0.15, 0.2) is 0 Å². The number of piperazine rings is 1. The molecule has 0 radical (unpaired) electrons. The summed E-state index contributed by atoms with van der Waals surface area (Å²) in [5.74, 6) is 0.890. The second kappa shape index (κ2) is 5.47. The van der Waals surface area contributed by atoms with E-state index < -0.39 is 0 Å². The average Bonchev–Trinajstić information content (AvgIpc) is 2.66. The number of hydrogen-bond acceptors (Lipinski definition) is 4. The molecule has 1 aromatic rings. The first-order valence-corrected chi connectivity index (χ1v) is 6.15. The van der Waals surface area contributed by atoms with Crippen molar-refractivity contribution < 1.29 is 4.52 Å². The van der Waals surface area contributed by atoms with Gasteiger partial charge in [-0.25, -0.2) is 0 Å².